The molecule has 1 aliphatic rings. The molecule has 0 saturated carbocycles. The van der Waals surface area contributed by atoms with Gasteiger partial charge < -0.3 is 14.2 Å². The van der Waals surface area contributed by atoms with Gasteiger partial charge in [0.25, 0.3) is 11.1 Å². The van der Waals surface area contributed by atoms with E-state index in [2.05, 4.69) is 0 Å². The molecule has 0 atom stereocenters. The summed E-state index contributed by atoms with van der Waals surface area (Å²) in [4.78, 5) is 37.1. The van der Waals surface area contributed by atoms with Crippen molar-refractivity contribution in [2.24, 2.45) is 0 Å². The van der Waals surface area contributed by atoms with Gasteiger partial charge in [0.05, 0.1) is 28.5 Å². The molecule has 0 N–H and O–H groups in total. The standard InChI is InChI=1S/C28H23F3N2O7S/c1-3-38-24-14-18(7-9-23(24)40-22-10-8-19(28(29,30)31)16-21(22)33(36)37)15-25-26(34)32(27(35)41-25)11-12-39-20-6-4-5-17(2)13-20/h4-10,13-16H,3,11-12H2,1-2H3/b25-15-. The molecule has 0 aliphatic carbocycles. The predicted octanol–water partition coefficient (Wildman–Crippen LogP) is 7.23. The predicted molar refractivity (Wildman–Crippen MR) is 145 cm³/mol. The number of aryl methyl sites for hydroxylation is 1. The number of nitro benzene ring substituents is 1. The molecule has 2 amide bonds. The number of hydrogen-bond donors (Lipinski definition) is 0. The maximum Gasteiger partial charge on any atom is 0.416 e. The maximum atomic E-state index is 13.0. The smallest absolute Gasteiger partial charge is 0.416 e. The first-order chi connectivity index (χ1) is 19.5. The number of carbonyl (C=O) groups excluding carboxylic acids is 2. The van der Waals surface area contributed by atoms with E-state index in [-0.39, 0.29) is 36.2 Å². The van der Waals surface area contributed by atoms with Crippen LogP contribution in [0.15, 0.2) is 65.6 Å². The van der Waals surface area contributed by atoms with E-state index in [1.165, 1.54) is 24.3 Å². The lowest BCUT2D eigenvalue weighted by Gasteiger charge is -2.14. The first-order valence-corrected chi connectivity index (χ1v) is 13.0. The number of ether oxygens (including phenoxy) is 3. The Balaban J connectivity index is 1.51. The third-order valence-corrected chi connectivity index (χ3v) is 6.62. The van der Waals surface area contributed by atoms with Crippen molar-refractivity contribution in [3.63, 3.8) is 0 Å². The molecular weight excluding hydrogens is 565 g/mol. The van der Waals surface area contributed by atoms with Gasteiger partial charge in [-0.15, -0.1) is 0 Å². The third kappa shape index (κ3) is 7.17. The summed E-state index contributed by atoms with van der Waals surface area (Å²) in [5.41, 5.74) is -0.583. The van der Waals surface area contributed by atoms with Crippen LogP contribution in [0.2, 0.25) is 0 Å². The van der Waals surface area contributed by atoms with Crippen LogP contribution in [0, 0.1) is 17.0 Å². The Morgan fingerprint density at radius 1 is 1.00 bits per heavy atom. The number of thioether (sulfide) groups is 1. The summed E-state index contributed by atoms with van der Waals surface area (Å²) in [6.07, 6.45) is -3.28. The van der Waals surface area contributed by atoms with E-state index in [1.807, 2.05) is 25.1 Å². The molecule has 4 rings (SSSR count). The highest BCUT2D eigenvalue weighted by Crippen LogP contribution is 2.41. The van der Waals surface area contributed by atoms with Crippen molar-refractivity contribution in [1.29, 1.82) is 0 Å². The Morgan fingerprint density at radius 3 is 2.44 bits per heavy atom. The van der Waals surface area contributed by atoms with E-state index in [9.17, 15) is 32.9 Å². The van der Waals surface area contributed by atoms with Crippen LogP contribution in [0.25, 0.3) is 6.08 Å². The first-order valence-electron chi connectivity index (χ1n) is 12.2. The Hall–Kier alpha value is -4.52. The van der Waals surface area contributed by atoms with Gasteiger partial charge in [-0.3, -0.25) is 24.6 Å². The van der Waals surface area contributed by atoms with E-state index >= 15 is 0 Å². The molecule has 0 aromatic heterocycles. The fourth-order valence-electron chi connectivity index (χ4n) is 3.81. The van der Waals surface area contributed by atoms with Crippen LogP contribution in [0.5, 0.6) is 23.0 Å². The fraction of sp³-hybridized carbons (Fsp3) is 0.214. The Morgan fingerprint density at radius 2 is 1.76 bits per heavy atom. The minimum Gasteiger partial charge on any atom is -0.492 e. The van der Waals surface area contributed by atoms with Gasteiger partial charge in [-0.1, -0.05) is 18.2 Å². The van der Waals surface area contributed by atoms with Crippen molar-refractivity contribution >= 4 is 34.7 Å². The number of nitrogens with zero attached hydrogens (tertiary/aromatic N) is 2. The normalized spacial score (nSPS) is 14.5. The van der Waals surface area contributed by atoms with Crippen molar-refractivity contribution in [3.05, 3.63) is 92.4 Å². The fourth-order valence-corrected chi connectivity index (χ4v) is 4.68. The third-order valence-electron chi connectivity index (χ3n) is 5.71. The number of hydrogen-bond acceptors (Lipinski definition) is 8. The monoisotopic (exact) mass is 588 g/mol. The van der Waals surface area contributed by atoms with E-state index in [1.54, 1.807) is 13.0 Å². The summed E-state index contributed by atoms with van der Waals surface area (Å²) in [5, 5.41) is 11.0. The molecular formula is C28H23F3N2O7S. The van der Waals surface area contributed by atoms with Crippen molar-refractivity contribution in [2.45, 2.75) is 20.0 Å². The van der Waals surface area contributed by atoms with Crippen molar-refractivity contribution in [3.8, 4) is 23.0 Å². The van der Waals surface area contributed by atoms with Gasteiger partial charge >= 0.3 is 11.9 Å². The number of rotatable bonds is 10. The molecule has 1 saturated heterocycles. The van der Waals surface area contributed by atoms with Gasteiger partial charge in [-0.2, -0.15) is 13.2 Å². The number of alkyl halides is 3. The summed E-state index contributed by atoms with van der Waals surface area (Å²) in [7, 11) is 0. The van der Waals surface area contributed by atoms with Gasteiger partial charge in [0.15, 0.2) is 11.5 Å². The highest BCUT2D eigenvalue weighted by Gasteiger charge is 2.35. The molecule has 1 heterocycles. The van der Waals surface area contributed by atoms with Gasteiger partial charge in [-0.05, 0) is 79.2 Å². The van der Waals surface area contributed by atoms with E-state index in [0.717, 1.165) is 28.3 Å². The largest absolute Gasteiger partial charge is 0.492 e. The van der Waals surface area contributed by atoms with Crippen LogP contribution in [0.4, 0.5) is 23.7 Å². The zero-order chi connectivity index (χ0) is 29.7. The first kappa shape index (κ1) is 29.5. The van der Waals surface area contributed by atoms with Gasteiger partial charge in [0.1, 0.15) is 12.4 Å². The molecule has 3 aromatic carbocycles. The maximum absolute atomic E-state index is 13.0. The second kappa shape index (κ2) is 12.3. The molecule has 0 bridgehead atoms. The molecule has 214 valence electrons. The quantitative estimate of drug-likeness (QED) is 0.139. The SMILES string of the molecule is CCOc1cc(/C=C2\SC(=O)N(CCOc3cccc(C)c3)C2=O)ccc1Oc1ccc(C(F)(F)F)cc1[N+](=O)[O-]. The van der Waals surface area contributed by atoms with E-state index in [4.69, 9.17) is 14.2 Å². The van der Waals surface area contributed by atoms with Crippen LogP contribution >= 0.6 is 11.8 Å². The van der Waals surface area contributed by atoms with Crippen LogP contribution in [0.3, 0.4) is 0 Å². The van der Waals surface area contributed by atoms with Gasteiger partial charge in [0, 0.05) is 6.07 Å². The number of halogens is 3. The summed E-state index contributed by atoms with van der Waals surface area (Å²) in [5.74, 6) is -0.147. The minimum atomic E-state index is -4.77. The average Bonchev–Trinajstić information content (AvgIpc) is 3.17. The van der Waals surface area contributed by atoms with Crippen molar-refractivity contribution in [2.75, 3.05) is 19.8 Å². The van der Waals surface area contributed by atoms with E-state index < -0.39 is 39.2 Å². The Kier molecular flexibility index (Phi) is 8.86. The van der Waals surface area contributed by atoms with Crippen LogP contribution < -0.4 is 14.2 Å². The summed E-state index contributed by atoms with van der Waals surface area (Å²) in [6, 6.07) is 13.7. The molecule has 0 spiro atoms. The Bertz CT molecular complexity index is 1520. The van der Waals surface area contributed by atoms with Crippen LogP contribution in [-0.2, 0) is 11.0 Å². The summed E-state index contributed by atoms with van der Waals surface area (Å²) in [6.45, 7) is 3.94. The van der Waals surface area contributed by atoms with Gasteiger partial charge in [-0.25, -0.2) is 0 Å². The van der Waals surface area contributed by atoms with Crippen LogP contribution in [0.1, 0.15) is 23.6 Å². The van der Waals surface area contributed by atoms with Crippen LogP contribution in [-0.4, -0.2) is 40.7 Å². The van der Waals surface area contributed by atoms with Crippen molar-refractivity contribution in [1.82, 2.24) is 4.90 Å². The molecule has 41 heavy (non-hydrogen) atoms. The lowest BCUT2D eigenvalue weighted by Crippen LogP contribution is -2.32. The minimum absolute atomic E-state index is 0.00765. The zero-order valence-corrected chi connectivity index (χ0v) is 22.6. The molecule has 3 aromatic rings. The summed E-state index contributed by atoms with van der Waals surface area (Å²) < 4.78 is 55.9. The van der Waals surface area contributed by atoms with E-state index in [0.29, 0.717) is 23.4 Å². The number of imide groups is 1. The molecule has 1 fully saturated rings. The number of benzene rings is 3. The molecule has 0 unspecified atom stereocenters. The lowest BCUT2D eigenvalue weighted by atomic mass is 10.1. The summed E-state index contributed by atoms with van der Waals surface area (Å²) >= 11 is 0.764. The number of nitro groups is 1. The average molecular weight is 589 g/mol. The molecule has 9 nitrogen and oxygen atoms in total. The molecule has 13 heteroatoms. The second-order valence-corrected chi connectivity index (χ2v) is 9.67. The number of carbonyl (C=O) groups is 2. The molecule has 1 aliphatic heterocycles. The lowest BCUT2D eigenvalue weighted by molar-refractivity contribution is -0.385. The topological polar surface area (TPSA) is 108 Å². The van der Waals surface area contributed by atoms with Gasteiger partial charge in [0.2, 0.25) is 5.75 Å². The highest BCUT2D eigenvalue weighted by molar-refractivity contribution is 8.18. The Labute approximate surface area is 236 Å². The number of amides is 2. The molecule has 0 radical (unpaired) electrons. The van der Waals surface area contributed by atoms with Crippen molar-refractivity contribution < 1.29 is 41.9 Å². The second-order valence-electron chi connectivity index (χ2n) is 8.68. The zero-order valence-electron chi connectivity index (χ0n) is 21.8. The highest BCUT2D eigenvalue weighted by atomic mass is 32.2.